The summed E-state index contributed by atoms with van der Waals surface area (Å²) >= 11 is 0. The largest absolute Gasteiger partial charge is 0.318 e. The Kier molecular flexibility index (Phi) is 6.36. The number of benzene rings is 1. The van der Waals surface area contributed by atoms with Crippen LogP contribution in [0.4, 0.5) is 5.82 Å². The molecule has 3 N–H and O–H groups in total. The molecule has 0 fully saturated rings. The lowest BCUT2D eigenvalue weighted by Gasteiger charge is -2.21. The van der Waals surface area contributed by atoms with E-state index in [1.807, 2.05) is 55.8 Å². The number of hydrogen-bond acceptors (Lipinski definition) is 3. The molecule has 1 unspecified atom stereocenters. The maximum absolute atomic E-state index is 12.2. The molecule has 126 valence electrons. The smallest absolute Gasteiger partial charge is 0.245 e. The number of aryl methyl sites for hydroxylation is 2. The van der Waals surface area contributed by atoms with Gasteiger partial charge in [-0.25, -0.2) is 4.68 Å². The van der Waals surface area contributed by atoms with E-state index in [0.717, 1.165) is 17.8 Å². The zero-order valence-corrected chi connectivity index (χ0v) is 14.9. The molecule has 6 heteroatoms. The molecule has 0 bridgehead atoms. The first-order chi connectivity index (χ1) is 10.3. The Morgan fingerprint density at radius 1 is 1.30 bits per heavy atom. The number of halogens is 1. The van der Waals surface area contributed by atoms with E-state index in [1.165, 1.54) is 5.56 Å². The second-order valence-electron chi connectivity index (χ2n) is 6.04. The van der Waals surface area contributed by atoms with Crippen LogP contribution in [-0.4, -0.2) is 21.2 Å². The Bertz CT molecular complexity index is 662. The van der Waals surface area contributed by atoms with Gasteiger partial charge in [0.2, 0.25) is 5.91 Å². The molecule has 0 saturated heterocycles. The van der Waals surface area contributed by atoms with Crippen LogP contribution in [0, 0.1) is 13.8 Å². The summed E-state index contributed by atoms with van der Waals surface area (Å²) in [6.45, 7) is 7.75. The molecule has 1 amide bonds. The third-order valence-corrected chi connectivity index (χ3v) is 3.70. The number of carbonyl (C=O) groups is 1. The molecule has 0 radical (unpaired) electrons. The van der Waals surface area contributed by atoms with E-state index in [-0.39, 0.29) is 18.3 Å². The van der Waals surface area contributed by atoms with Gasteiger partial charge >= 0.3 is 0 Å². The lowest BCUT2D eigenvalue weighted by Crippen LogP contribution is -2.48. The molecule has 2 rings (SSSR count). The van der Waals surface area contributed by atoms with Crippen molar-refractivity contribution in [1.82, 2.24) is 9.78 Å². The molecule has 0 aliphatic heterocycles. The maximum atomic E-state index is 12.2. The first kappa shape index (κ1) is 19.2. The molecule has 1 heterocycles. The van der Waals surface area contributed by atoms with Crippen LogP contribution in [0.25, 0.3) is 5.69 Å². The van der Waals surface area contributed by atoms with Crippen molar-refractivity contribution in [3.05, 3.63) is 41.6 Å². The summed E-state index contributed by atoms with van der Waals surface area (Å²) in [4.78, 5) is 12.2. The van der Waals surface area contributed by atoms with E-state index >= 15 is 0 Å². The Morgan fingerprint density at radius 2 is 1.91 bits per heavy atom. The molecule has 2 aromatic rings. The van der Waals surface area contributed by atoms with Crippen molar-refractivity contribution < 1.29 is 4.79 Å². The van der Waals surface area contributed by atoms with Crippen molar-refractivity contribution in [3.63, 3.8) is 0 Å². The molecule has 23 heavy (non-hydrogen) atoms. The minimum absolute atomic E-state index is 0. The number of carbonyl (C=O) groups excluding carboxylic acids is 1. The van der Waals surface area contributed by atoms with Gasteiger partial charge in [-0.15, -0.1) is 17.5 Å². The van der Waals surface area contributed by atoms with Gasteiger partial charge in [0.25, 0.3) is 0 Å². The number of nitrogens with two attached hydrogens (primary N) is 1. The highest BCUT2D eigenvalue weighted by Gasteiger charge is 2.27. The predicted octanol–water partition coefficient (Wildman–Crippen LogP) is 3.37. The summed E-state index contributed by atoms with van der Waals surface area (Å²) in [7, 11) is 0. The van der Waals surface area contributed by atoms with Gasteiger partial charge in [-0.2, -0.15) is 0 Å². The minimum atomic E-state index is -0.879. The second-order valence-corrected chi connectivity index (χ2v) is 6.04. The van der Waals surface area contributed by atoms with Gasteiger partial charge in [-0.3, -0.25) is 4.79 Å². The number of nitrogens with zero attached hydrogens (tertiary/aromatic N) is 2. The summed E-state index contributed by atoms with van der Waals surface area (Å²) in [5, 5.41) is 7.27. The zero-order valence-electron chi connectivity index (χ0n) is 14.1. The molecule has 0 aliphatic rings. The molecule has 5 nitrogen and oxygen atoms in total. The van der Waals surface area contributed by atoms with Crippen molar-refractivity contribution in [2.45, 2.75) is 46.1 Å². The molecule has 0 spiro atoms. The van der Waals surface area contributed by atoms with E-state index in [4.69, 9.17) is 5.73 Å². The number of nitrogens with one attached hydrogen (secondary N) is 1. The minimum Gasteiger partial charge on any atom is -0.318 e. The van der Waals surface area contributed by atoms with Crippen molar-refractivity contribution in [2.75, 3.05) is 5.32 Å². The highest BCUT2D eigenvalue weighted by atomic mass is 35.5. The maximum Gasteiger partial charge on any atom is 0.245 e. The summed E-state index contributed by atoms with van der Waals surface area (Å²) < 4.78 is 1.81. The predicted molar refractivity (Wildman–Crippen MR) is 96.4 cm³/mol. The Hall–Kier alpha value is -1.85. The summed E-state index contributed by atoms with van der Waals surface area (Å²) in [6.07, 6.45) is 1.49. The number of amides is 1. The third-order valence-electron chi connectivity index (χ3n) is 3.70. The monoisotopic (exact) mass is 336 g/mol. The van der Waals surface area contributed by atoms with Crippen LogP contribution < -0.4 is 11.1 Å². The van der Waals surface area contributed by atoms with Gasteiger partial charge in [-0.1, -0.05) is 31.0 Å². The van der Waals surface area contributed by atoms with Gasteiger partial charge in [-0.05, 0) is 39.3 Å². The first-order valence-electron chi connectivity index (χ1n) is 7.57. The standard InChI is InChI=1S/C17H24N4O.ClH/c1-5-10-17(4,18)16(22)19-15-11-13(3)21(20-15)14-8-6-12(2)7-9-14;/h6-9,11H,5,10,18H2,1-4H3,(H,19,20,22);1H. The van der Waals surface area contributed by atoms with Crippen LogP contribution in [0.1, 0.15) is 37.9 Å². The lowest BCUT2D eigenvalue weighted by molar-refractivity contribution is -0.120. The highest BCUT2D eigenvalue weighted by molar-refractivity contribution is 5.96. The van der Waals surface area contributed by atoms with E-state index in [9.17, 15) is 4.79 Å². The van der Waals surface area contributed by atoms with Crippen LogP contribution in [0.5, 0.6) is 0 Å². The van der Waals surface area contributed by atoms with Crippen molar-refractivity contribution in [1.29, 1.82) is 0 Å². The fourth-order valence-electron chi connectivity index (χ4n) is 2.37. The van der Waals surface area contributed by atoms with E-state index in [2.05, 4.69) is 10.4 Å². The highest BCUT2D eigenvalue weighted by Crippen LogP contribution is 2.17. The normalized spacial score (nSPS) is 13.1. The van der Waals surface area contributed by atoms with Crippen LogP contribution in [0.3, 0.4) is 0 Å². The SMILES string of the molecule is CCCC(C)(N)C(=O)Nc1cc(C)n(-c2ccc(C)cc2)n1.Cl. The number of anilines is 1. The molecule has 0 saturated carbocycles. The van der Waals surface area contributed by atoms with E-state index < -0.39 is 5.54 Å². The Morgan fingerprint density at radius 3 is 2.48 bits per heavy atom. The Labute approximate surface area is 143 Å². The second kappa shape index (κ2) is 7.62. The van der Waals surface area contributed by atoms with E-state index in [1.54, 1.807) is 6.92 Å². The van der Waals surface area contributed by atoms with Gasteiger partial charge in [0.15, 0.2) is 5.82 Å². The van der Waals surface area contributed by atoms with Crippen molar-refractivity contribution in [3.8, 4) is 5.69 Å². The molecular formula is C17H25ClN4O. The van der Waals surface area contributed by atoms with Gasteiger partial charge in [0.1, 0.15) is 0 Å². The molecule has 1 aromatic carbocycles. The molecular weight excluding hydrogens is 312 g/mol. The van der Waals surface area contributed by atoms with Crippen LogP contribution in [0.15, 0.2) is 30.3 Å². The first-order valence-corrected chi connectivity index (χ1v) is 7.57. The van der Waals surface area contributed by atoms with Crippen molar-refractivity contribution in [2.24, 2.45) is 5.73 Å². The molecule has 1 aromatic heterocycles. The lowest BCUT2D eigenvalue weighted by atomic mass is 9.97. The number of aromatic nitrogens is 2. The molecule has 1 atom stereocenters. The van der Waals surface area contributed by atoms with E-state index in [0.29, 0.717) is 12.2 Å². The third kappa shape index (κ3) is 4.56. The Balaban J connectivity index is 0.00000264. The fraction of sp³-hybridized carbons (Fsp3) is 0.412. The molecule has 0 aliphatic carbocycles. The number of rotatable bonds is 5. The van der Waals surface area contributed by atoms with Gasteiger partial charge < -0.3 is 11.1 Å². The summed E-state index contributed by atoms with van der Waals surface area (Å²) in [6, 6.07) is 9.93. The van der Waals surface area contributed by atoms with Crippen LogP contribution >= 0.6 is 12.4 Å². The average molecular weight is 337 g/mol. The number of hydrogen-bond donors (Lipinski definition) is 2. The zero-order chi connectivity index (χ0) is 16.3. The average Bonchev–Trinajstić information content (AvgIpc) is 2.80. The van der Waals surface area contributed by atoms with Gasteiger partial charge in [0, 0.05) is 11.8 Å². The van der Waals surface area contributed by atoms with Crippen LogP contribution in [-0.2, 0) is 4.79 Å². The van der Waals surface area contributed by atoms with Crippen molar-refractivity contribution >= 4 is 24.1 Å². The topological polar surface area (TPSA) is 72.9 Å². The van der Waals surface area contributed by atoms with Crippen LogP contribution in [0.2, 0.25) is 0 Å². The summed E-state index contributed by atoms with van der Waals surface area (Å²) in [5.41, 5.74) is 8.28. The van der Waals surface area contributed by atoms with Gasteiger partial charge in [0.05, 0.1) is 11.2 Å². The quantitative estimate of drug-likeness (QED) is 0.879. The summed E-state index contributed by atoms with van der Waals surface area (Å²) in [5.74, 6) is 0.318. The fourth-order valence-corrected chi connectivity index (χ4v) is 2.37.